The number of amides is 2. The SMILES string of the molecule is CCCN1C(=O)c2ccccc2C[C@@]1(C)C(=O)NCc1ccc(OC)cc1. The Bertz CT molecular complexity index is 832. The maximum atomic E-state index is 13.1. The third-order valence-corrected chi connectivity index (χ3v) is 5.17. The highest BCUT2D eigenvalue weighted by molar-refractivity contribution is 6.02. The van der Waals surface area contributed by atoms with Crippen LogP contribution in [0.3, 0.4) is 0 Å². The van der Waals surface area contributed by atoms with Crippen molar-refractivity contribution in [2.75, 3.05) is 13.7 Å². The van der Waals surface area contributed by atoms with Crippen LogP contribution in [0.4, 0.5) is 0 Å². The molecule has 5 heteroatoms. The number of benzene rings is 2. The molecule has 0 radical (unpaired) electrons. The van der Waals surface area contributed by atoms with Gasteiger partial charge in [0.05, 0.1) is 7.11 Å². The molecule has 3 rings (SSSR count). The second kappa shape index (κ2) is 7.82. The lowest BCUT2D eigenvalue weighted by Gasteiger charge is -2.44. The summed E-state index contributed by atoms with van der Waals surface area (Å²) in [6, 6.07) is 15.1. The van der Waals surface area contributed by atoms with Gasteiger partial charge >= 0.3 is 0 Å². The lowest BCUT2D eigenvalue weighted by Crippen LogP contribution is -2.62. The predicted octanol–water partition coefficient (Wildman–Crippen LogP) is 3.18. The molecular weight excluding hydrogens is 340 g/mol. The lowest BCUT2D eigenvalue weighted by molar-refractivity contribution is -0.131. The Labute approximate surface area is 160 Å². The van der Waals surface area contributed by atoms with Gasteiger partial charge in [0, 0.05) is 25.1 Å². The van der Waals surface area contributed by atoms with Gasteiger partial charge in [-0.1, -0.05) is 37.3 Å². The average molecular weight is 366 g/mol. The summed E-state index contributed by atoms with van der Waals surface area (Å²) < 4.78 is 5.16. The topological polar surface area (TPSA) is 58.6 Å². The second-order valence-electron chi connectivity index (χ2n) is 7.10. The van der Waals surface area contributed by atoms with Crippen molar-refractivity contribution >= 4 is 11.8 Å². The Kier molecular flexibility index (Phi) is 5.49. The fourth-order valence-corrected chi connectivity index (χ4v) is 3.61. The first-order valence-electron chi connectivity index (χ1n) is 9.30. The molecule has 5 nitrogen and oxygen atoms in total. The molecule has 1 atom stereocenters. The zero-order valence-electron chi connectivity index (χ0n) is 16.1. The number of methoxy groups -OCH3 is 1. The van der Waals surface area contributed by atoms with Crippen LogP contribution in [0.15, 0.2) is 48.5 Å². The van der Waals surface area contributed by atoms with Crippen LogP contribution < -0.4 is 10.1 Å². The highest BCUT2D eigenvalue weighted by Gasteiger charge is 2.46. The number of carbonyl (C=O) groups is 2. The standard InChI is InChI=1S/C22H26N2O3/c1-4-13-24-20(25)19-8-6-5-7-17(19)14-22(24,2)21(26)23-15-16-9-11-18(27-3)12-10-16/h5-12H,4,13-15H2,1-3H3,(H,23,26)/t22-/m0/s1. The summed E-state index contributed by atoms with van der Waals surface area (Å²) in [7, 11) is 1.62. The molecule has 1 aliphatic heterocycles. The monoisotopic (exact) mass is 366 g/mol. The number of rotatable bonds is 6. The van der Waals surface area contributed by atoms with E-state index in [1.165, 1.54) is 0 Å². The number of carbonyl (C=O) groups excluding carboxylic acids is 2. The normalized spacial score (nSPS) is 18.8. The van der Waals surface area contributed by atoms with Crippen molar-refractivity contribution in [3.8, 4) is 5.75 Å². The molecule has 2 aromatic carbocycles. The number of ether oxygens (including phenoxy) is 1. The Morgan fingerprint density at radius 3 is 2.56 bits per heavy atom. The van der Waals surface area contributed by atoms with E-state index in [4.69, 9.17) is 4.74 Å². The van der Waals surface area contributed by atoms with E-state index in [9.17, 15) is 9.59 Å². The minimum absolute atomic E-state index is 0.0687. The fraction of sp³-hybridized carbons (Fsp3) is 0.364. The molecule has 0 fully saturated rings. The van der Waals surface area contributed by atoms with Gasteiger partial charge in [-0.25, -0.2) is 0 Å². The minimum atomic E-state index is -0.895. The Hall–Kier alpha value is -2.82. The molecule has 2 amide bonds. The van der Waals surface area contributed by atoms with Crippen LogP contribution in [0, 0.1) is 0 Å². The largest absolute Gasteiger partial charge is 0.497 e. The first-order valence-corrected chi connectivity index (χ1v) is 9.30. The van der Waals surface area contributed by atoms with E-state index < -0.39 is 5.54 Å². The lowest BCUT2D eigenvalue weighted by atomic mass is 9.82. The van der Waals surface area contributed by atoms with Crippen molar-refractivity contribution in [3.05, 3.63) is 65.2 Å². The third-order valence-electron chi connectivity index (χ3n) is 5.17. The average Bonchev–Trinajstić information content (AvgIpc) is 2.69. The van der Waals surface area contributed by atoms with E-state index >= 15 is 0 Å². The zero-order valence-corrected chi connectivity index (χ0v) is 16.1. The molecule has 1 aliphatic rings. The molecule has 0 saturated carbocycles. The van der Waals surface area contributed by atoms with Crippen LogP contribution in [0.25, 0.3) is 0 Å². The van der Waals surface area contributed by atoms with Gasteiger partial charge in [-0.2, -0.15) is 0 Å². The highest BCUT2D eigenvalue weighted by Crippen LogP contribution is 2.31. The first-order chi connectivity index (χ1) is 13.0. The van der Waals surface area contributed by atoms with Crippen LogP contribution >= 0.6 is 0 Å². The van der Waals surface area contributed by atoms with E-state index in [1.54, 1.807) is 12.0 Å². The third kappa shape index (κ3) is 3.68. The van der Waals surface area contributed by atoms with E-state index in [-0.39, 0.29) is 11.8 Å². The Morgan fingerprint density at radius 2 is 1.89 bits per heavy atom. The summed E-state index contributed by atoms with van der Waals surface area (Å²) in [5, 5.41) is 3.01. The van der Waals surface area contributed by atoms with Gasteiger partial charge < -0.3 is 15.0 Å². The van der Waals surface area contributed by atoms with Gasteiger partial charge in [0.15, 0.2) is 0 Å². The van der Waals surface area contributed by atoms with Crippen molar-refractivity contribution < 1.29 is 14.3 Å². The van der Waals surface area contributed by atoms with Crippen LogP contribution in [-0.2, 0) is 17.8 Å². The molecule has 2 aromatic rings. The number of nitrogens with one attached hydrogen (secondary N) is 1. The summed E-state index contributed by atoms with van der Waals surface area (Å²) >= 11 is 0. The summed E-state index contributed by atoms with van der Waals surface area (Å²) in [6.45, 7) is 4.84. The van der Waals surface area contributed by atoms with Crippen molar-refractivity contribution in [2.24, 2.45) is 0 Å². The van der Waals surface area contributed by atoms with Crippen LogP contribution in [0.2, 0.25) is 0 Å². The predicted molar refractivity (Wildman–Crippen MR) is 105 cm³/mol. The first kappa shape index (κ1) is 19.0. The molecule has 0 unspecified atom stereocenters. The van der Waals surface area contributed by atoms with Gasteiger partial charge in [0.1, 0.15) is 11.3 Å². The molecule has 27 heavy (non-hydrogen) atoms. The van der Waals surface area contributed by atoms with Gasteiger partial charge in [0.2, 0.25) is 5.91 Å². The van der Waals surface area contributed by atoms with E-state index in [1.807, 2.05) is 62.4 Å². The number of hydrogen-bond acceptors (Lipinski definition) is 3. The number of fused-ring (bicyclic) bond motifs is 1. The fourth-order valence-electron chi connectivity index (χ4n) is 3.61. The molecule has 0 saturated heterocycles. The molecule has 1 N–H and O–H groups in total. The maximum absolute atomic E-state index is 13.1. The van der Waals surface area contributed by atoms with E-state index in [0.717, 1.165) is 23.3 Å². The summed E-state index contributed by atoms with van der Waals surface area (Å²) in [6.07, 6.45) is 1.32. The smallest absolute Gasteiger partial charge is 0.255 e. The van der Waals surface area contributed by atoms with Crippen molar-refractivity contribution in [1.82, 2.24) is 10.2 Å². The summed E-state index contributed by atoms with van der Waals surface area (Å²) in [5.74, 6) is 0.580. The van der Waals surface area contributed by atoms with Gasteiger partial charge in [0.25, 0.3) is 5.91 Å². The van der Waals surface area contributed by atoms with Crippen LogP contribution in [0.1, 0.15) is 41.8 Å². The number of nitrogens with zero attached hydrogens (tertiary/aromatic N) is 1. The quantitative estimate of drug-likeness (QED) is 0.854. The summed E-state index contributed by atoms with van der Waals surface area (Å²) in [5.41, 5.74) is 1.72. The number of hydrogen-bond donors (Lipinski definition) is 1. The Morgan fingerprint density at radius 1 is 1.19 bits per heavy atom. The molecule has 0 aromatic heterocycles. The van der Waals surface area contributed by atoms with Crippen molar-refractivity contribution in [3.63, 3.8) is 0 Å². The van der Waals surface area contributed by atoms with Gasteiger partial charge in [-0.3, -0.25) is 9.59 Å². The van der Waals surface area contributed by atoms with Crippen LogP contribution in [-0.4, -0.2) is 35.9 Å². The maximum Gasteiger partial charge on any atom is 0.255 e. The molecule has 0 bridgehead atoms. The van der Waals surface area contributed by atoms with E-state index in [0.29, 0.717) is 25.1 Å². The Balaban J connectivity index is 1.80. The van der Waals surface area contributed by atoms with Gasteiger partial charge in [-0.05, 0) is 42.7 Å². The van der Waals surface area contributed by atoms with Crippen LogP contribution in [0.5, 0.6) is 5.75 Å². The second-order valence-corrected chi connectivity index (χ2v) is 7.10. The van der Waals surface area contributed by atoms with Crippen molar-refractivity contribution in [2.45, 2.75) is 38.8 Å². The molecule has 0 spiro atoms. The van der Waals surface area contributed by atoms with Crippen molar-refractivity contribution in [1.29, 1.82) is 0 Å². The van der Waals surface area contributed by atoms with E-state index in [2.05, 4.69) is 5.32 Å². The molecular formula is C22H26N2O3. The highest BCUT2D eigenvalue weighted by atomic mass is 16.5. The molecule has 1 heterocycles. The summed E-state index contributed by atoms with van der Waals surface area (Å²) in [4.78, 5) is 27.9. The molecule has 142 valence electrons. The minimum Gasteiger partial charge on any atom is -0.497 e. The van der Waals surface area contributed by atoms with Gasteiger partial charge in [-0.15, -0.1) is 0 Å². The molecule has 0 aliphatic carbocycles. The zero-order chi connectivity index (χ0) is 19.4.